The van der Waals surface area contributed by atoms with Crippen molar-refractivity contribution in [2.24, 2.45) is 0 Å². The maximum atomic E-state index is 12.4. The number of carbonyl (C=O) groups excluding carboxylic acids is 1. The summed E-state index contributed by atoms with van der Waals surface area (Å²) in [5.41, 5.74) is 6.77. The van der Waals surface area contributed by atoms with Crippen LogP contribution in [0.2, 0.25) is 0 Å². The van der Waals surface area contributed by atoms with Crippen LogP contribution in [0.5, 0.6) is 11.5 Å². The molecule has 7 heteroatoms. The average molecular weight is 568 g/mol. The number of benzene rings is 4. The summed E-state index contributed by atoms with van der Waals surface area (Å²) in [6.07, 6.45) is 3.69. The second-order valence-electron chi connectivity index (χ2n) is 9.15. The normalized spacial score (nSPS) is 10.9. The first-order chi connectivity index (χ1) is 18.4. The summed E-state index contributed by atoms with van der Waals surface area (Å²) in [4.78, 5) is 16.8. The van der Waals surface area contributed by atoms with E-state index in [1.54, 1.807) is 0 Å². The van der Waals surface area contributed by atoms with E-state index < -0.39 is 0 Å². The molecule has 1 aromatic heterocycles. The fourth-order valence-corrected chi connectivity index (χ4v) is 4.86. The monoisotopic (exact) mass is 567 g/mol. The van der Waals surface area contributed by atoms with Gasteiger partial charge in [-0.2, -0.15) is 0 Å². The number of nitrogens with one attached hydrogen (secondary N) is 2. The molecule has 1 heterocycles. The highest BCUT2D eigenvalue weighted by Gasteiger charge is 2.11. The molecule has 190 valence electrons. The van der Waals surface area contributed by atoms with Gasteiger partial charge in [0.2, 0.25) is 0 Å². The highest BCUT2D eigenvalue weighted by atomic mass is 79.9. The minimum atomic E-state index is -0.373. The van der Waals surface area contributed by atoms with Crippen LogP contribution in [0.1, 0.15) is 27.0 Å². The van der Waals surface area contributed by atoms with Crippen molar-refractivity contribution in [3.8, 4) is 22.6 Å². The Kier molecular flexibility index (Phi) is 7.29. The van der Waals surface area contributed by atoms with Crippen LogP contribution in [-0.4, -0.2) is 21.1 Å². The van der Waals surface area contributed by atoms with Gasteiger partial charge >= 0.3 is 0 Å². The molecule has 0 radical (unpaired) electrons. The fourth-order valence-electron chi connectivity index (χ4n) is 4.42. The van der Waals surface area contributed by atoms with Crippen LogP contribution in [0.4, 0.5) is 5.69 Å². The molecule has 0 aliphatic heterocycles. The van der Waals surface area contributed by atoms with Gasteiger partial charge in [0, 0.05) is 58.0 Å². The maximum absolute atomic E-state index is 12.4. The van der Waals surface area contributed by atoms with Crippen molar-refractivity contribution in [3.63, 3.8) is 0 Å². The Hall–Kier alpha value is -4.36. The molecule has 0 aliphatic carbocycles. The maximum Gasteiger partial charge on any atom is 0.251 e. The number of fused-ring (bicyclic) bond motifs is 1. The summed E-state index contributed by atoms with van der Waals surface area (Å²) in [6, 6.07) is 24.5. The number of aryl methyl sites for hydroxylation is 1. The number of hydrogen-bond donors (Lipinski definition) is 4. The van der Waals surface area contributed by atoms with E-state index in [-0.39, 0.29) is 23.0 Å². The van der Waals surface area contributed by atoms with Gasteiger partial charge in [-0.05, 0) is 74.9 Å². The first-order valence-electron chi connectivity index (χ1n) is 12.1. The number of anilines is 1. The Bertz CT molecular complexity index is 1610. The zero-order chi connectivity index (χ0) is 26.6. The summed E-state index contributed by atoms with van der Waals surface area (Å²) in [6.45, 7) is 3.06. The molecule has 0 saturated carbocycles. The predicted molar refractivity (Wildman–Crippen MR) is 154 cm³/mol. The first-order valence-corrected chi connectivity index (χ1v) is 12.9. The molecule has 0 aliphatic rings. The second-order valence-corrected chi connectivity index (χ2v) is 10.0. The number of aromatic hydroxyl groups is 2. The van der Waals surface area contributed by atoms with E-state index >= 15 is 0 Å². The standard InChI is InChI=1S/C31H26BrN3O3/c1-19-4-2-3-5-26(19)22-12-27-28(17-33-18-29(27)32)30(13-22)34-15-20-6-8-21(9-7-20)16-35-31(38)23-10-24(36)14-25(37)11-23/h2-14,17-18,34,36-37H,15-16H2,1H3,(H,35,38). The number of aromatic nitrogens is 1. The molecule has 4 N–H and O–H groups in total. The number of phenols is 2. The molecular weight excluding hydrogens is 542 g/mol. The van der Waals surface area contributed by atoms with Crippen LogP contribution >= 0.6 is 15.9 Å². The lowest BCUT2D eigenvalue weighted by Crippen LogP contribution is -2.22. The van der Waals surface area contributed by atoms with Crippen molar-refractivity contribution in [2.75, 3.05) is 5.32 Å². The van der Waals surface area contributed by atoms with Crippen molar-refractivity contribution < 1.29 is 15.0 Å². The zero-order valence-corrected chi connectivity index (χ0v) is 22.3. The van der Waals surface area contributed by atoms with E-state index in [1.165, 1.54) is 29.3 Å². The molecular formula is C31H26BrN3O3. The van der Waals surface area contributed by atoms with Gasteiger partial charge in [-0.15, -0.1) is 0 Å². The lowest BCUT2D eigenvalue weighted by molar-refractivity contribution is 0.0950. The fraction of sp³-hybridized carbons (Fsp3) is 0.0968. The highest BCUT2D eigenvalue weighted by Crippen LogP contribution is 2.35. The van der Waals surface area contributed by atoms with Gasteiger partial charge in [0.15, 0.2) is 0 Å². The number of hydrogen-bond acceptors (Lipinski definition) is 5. The molecule has 0 fully saturated rings. The van der Waals surface area contributed by atoms with Gasteiger partial charge in [0.25, 0.3) is 5.91 Å². The minimum Gasteiger partial charge on any atom is -0.508 e. The molecule has 0 spiro atoms. The summed E-state index contributed by atoms with van der Waals surface area (Å²) in [5.74, 6) is -0.693. The molecule has 0 saturated heterocycles. The molecule has 1 amide bonds. The number of pyridine rings is 1. The molecule has 0 bridgehead atoms. The molecule has 4 aromatic carbocycles. The smallest absolute Gasteiger partial charge is 0.251 e. The van der Waals surface area contributed by atoms with Gasteiger partial charge in [-0.3, -0.25) is 9.78 Å². The number of carbonyl (C=O) groups is 1. The summed E-state index contributed by atoms with van der Waals surface area (Å²) in [7, 11) is 0. The second kappa shape index (κ2) is 10.9. The van der Waals surface area contributed by atoms with Crippen LogP contribution in [-0.2, 0) is 13.1 Å². The predicted octanol–water partition coefficient (Wildman–Crippen LogP) is 6.93. The van der Waals surface area contributed by atoms with E-state index in [2.05, 4.69) is 68.8 Å². The quantitative estimate of drug-likeness (QED) is 0.171. The lowest BCUT2D eigenvalue weighted by atomic mass is 9.97. The minimum absolute atomic E-state index is 0.160. The van der Waals surface area contributed by atoms with E-state index in [0.717, 1.165) is 37.6 Å². The van der Waals surface area contributed by atoms with Gasteiger partial charge in [0.1, 0.15) is 11.5 Å². The summed E-state index contributed by atoms with van der Waals surface area (Å²) < 4.78 is 0.945. The Morgan fingerprint density at radius 2 is 1.53 bits per heavy atom. The van der Waals surface area contributed by atoms with Gasteiger partial charge in [0.05, 0.1) is 0 Å². The van der Waals surface area contributed by atoms with E-state index in [4.69, 9.17) is 0 Å². The van der Waals surface area contributed by atoms with Crippen LogP contribution in [0.25, 0.3) is 21.9 Å². The summed E-state index contributed by atoms with van der Waals surface area (Å²) in [5, 5.41) is 27.7. The van der Waals surface area contributed by atoms with Crippen LogP contribution < -0.4 is 10.6 Å². The lowest BCUT2D eigenvalue weighted by Gasteiger charge is -2.15. The number of halogens is 1. The molecule has 0 atom stereocenters. The van der Waals surface area contributed by atoms with Crippen LogP contribution in [0.3, 0.4) is 0 Å². The number of rotatable bonds is 7. The van der Waals surface area contributed by atoms with E-state index in [9.17, 15) is 15.0 Å². The van der Waals surface area contributed by atoms with Crippen LogP contribution in [0, 0.1) is 6.92 Å². The summed E-state index contributed by atoms with van der Waals surface area (Å²) >= 11 is 3.66. The zero-order valence-electron chi connectivity index (χ0n) is 20.7. The molecule has 0 unspecified atom stereocenters. The Balaban J connectivity index is 1.30. The van der Waals surface area contributed by atoms with Crippen molar-refractivity contribution in [1.82, 2.24) is 10.3 Å². The van der Waals surface area contributed by atoms with E-state index in [0.29, 0.717) is 13.1 Å². The van der Waals surface area contributed by atoms with Crippen molar-refractivity contribution in [2.45, 2.75) is 20.0 Å². The van der Waals surface area contributed by atoms with Gasteiger partial charge in [-0.25, -0.2) is 0 Å². The third-order valence-corrected chi connectivity index (χ3v) is 7.04. The van der Waals surface area contributed by atoms with Crippen molar-refractivity contribution >= 4 is 38.3 Å². The van der Waals surface area contributed by atoms with Gasteiger partial charge < -0.3 is 20.8 Å². The number of amides is 1. The Labute approximate surface area is 229 Å². The Morgan fingerprint density at radius 1 is 0.842 bits per heavy atom. The van der Waals surface area contributed by atoms with Crippen molar-refractivity contribution in [3.05, 3.63) is 118 Å². The molecule has 5 aromatic rings. The molecule has 5 rings (SSSR count). The number of nitrogens with zero attached hydrogens (tertiary/aromatic N) is 1. The third-order valence-electron chi connectivity index (χ3n) is 6.41. The SMILES string of the molecule is Cc1ccccc1-c1cc(NCc2ccc(CNC(=O)c3cc(O)cc(O)c3)cc2)c2cncc(Br)c2c1. The topological polar surface area (TPSA) is 94.5 Å². The molecule has 6 nitrogen and oxygen atoms in total. The third kappa shape index (κ3) is 5.63. The Morgan fingerprint density at radius 3 is 2.24 bits per heavy atom. The van der Waals surface area contributed by atoms with Gasteiger partial charge in [-0.1, -0.05) is 48.5 Å². The highest BCUT2D eigenvalue weighted by molar-refractivity contribution is 9.10. The van der Waals surface area contributed by atoms with Crippen molar-refractivity contribution in [1.29, 1.82) is 0 Å². The van der Waals surface area contributed by atoms with E-state index in [1.807, 2.05) is 42.7 Å². The largest absolute Gasteiger partial charge is 0.508 e. The van der Waals surface area contributed by atoms with Crippen LogP contribution in [0.15, 0.2) is 95.7 Å². The molecule has 38 heavy (non-hydrogen) atoms. The first kappa shape index (κ1) is 25.3. The number of phenolic OH excluding ortho intramolecular Hbond substituents is 2. The average Bonchev–Trinajstić information content (AvgIpc) is 2.91.